The molecule has 1 aromatic heterocycles. The molecule has 0 aromatic carbocycles. The Morgan fingerprint density at radius 3 is 2.88 bits per heavy atom. The SMILES string of the molecule is CS(=O)(=O)N1CCS[C@@H](c2cccs2)CC1. The normalized spacial score (nSPS) is 24.2. The summed E-state index contributed by atoms with van der Waals surface area (Å²) in [5.74, 6) is 0.885. The molecular weight excluding hydrogens is 262 g/mol. The summed E-state index contributed by atoms with van der Waals surface area (Å²) in [6.45, 7) is 1.29. The Bertz CT molecular complexity index is 427. The first-order valence-electron chi connectivity index (χ1n) is 5.17. The van der Waals surface area contributed by atoms with Gasteiger partial charge in [0.25, 0.3) is 0 Å². The largest absolute Gasteiger partial charge is 0.213 e. The van der Waals surface area contributed by atoms with Crippen LogP contribution in [0.2, 0.25) is 0 Å². The van der Waals surface area contributed by atoms with Crippen LogP contribution in [0.1, 0.15) is 16.5 Å². The number of sulfonamides is 1. The number of hydrogen-bond donors (Lipinski definition) is 0. The Hall–Kier alpha value is -0.0400. The van der Waals surface area contributed by atoms with E-state index < -0.39 is 10.0 Å². The molecule has 0 saturated carbocycles. The quantitative estimate of drug-likeness (QED) is 0.831. The zero-order valence-corrected chi connectivity index (χ0v) is 11.6. The van der Waals surface area contributed by atoms with Crippen molar-refractivity contribution in [2.45, 2.75) is 11.7 Å². The van der Waals surface area contributed by atoms with Crippen LogP contribution in [0.15, 0.2) is 17.5 Å². The van der Waals surface area contributed by atoms with Gasteiger partial charge in [0.05, 0.1) is 6.26 Å². The second kappa shape index (κ2) is 5.08. The van der Waals surface area contributed by atoms with E-state index in [0.29, 0.717) is 18.3 Å². The van der Waals surface area contributed by atoms with Crippen LogP contribution in [0.3, 0.4) is 0 Å². The van der Waals surface area contributed by atoms with Gasteiger partial charge in [0.2, 0.25) is 10.0 Å². The fourth-order valence-corrected chi connectivity index (χ4v) is 5.00. The summed E-state index contributed by atoms with van der Waals surface area (Å²) in [6.07, 6.45) is 2.21. The molecule has 0 unspecified atom stereocenters. The van der Waals surface area contributed by atoms with Crippen molar-refractivity contribution in [1.82, 2.24) is 4.31 Å². The van der Waals surface area contributed by atoms with Crippen molar-refractivity contribution in [1.29, 1.82) is 0 Å². The minimum Gasteiger partial charge on any atom is -0.213 e. The highest BCUT2D eigenvalue weighted by atomic mass is 32.2. The highest BCUT2D eigenvalue weighted by Crippen LogP contribution is 2.36. The molecule has 0 N–H and O–H groups in total. The van der Waals surface area contributed by atoms with Crippen molar-refractivity contribution in [3.05, 3.63) is 22.4 Å². The Labute approximate surface area is 105 Å². The lowest BCUT2D eigenvalue weighted by atomic mass is 10.2. The van der Waals surface area contributed by atoms with Gasteiger partial charge in [-0.15, -0.1) is 11.3 Å². The molecule has 0 radical (unpaired) electrons. The average molecular weight is 277 g/mol. The smallest absolute Gasteiger partial charge is 0.211 e. The molecular formula is C10H15NO2S3. The molecule has 1 aliphatic heterocycles. The van der Waals surface area contributed by atoms with Gasteiger partial charge in [0.1, 0.15) is 0 Å². The Kier molecular flexibility index (Phi) is 3.94. The van der Waals surface area contributed by atoms with Gasteiger partial charge in [-0.2, -0.15) is 11.8 Å². The first-order valence-corrected chi connectivity index (χ1v) is 8.95. The van der Waals surface area contributed by atoms with E-state index in [1.165, 1.54) is 11.1 Å². The van der Waals surface area contributed by atoms with E-state index in [-0.39, 0.29) is 0 Å². The first kappa shape index (κ1) is 12.4. The molecule has 0 bridgehead atoms. The number of rotatable bonds is 2. The maximum Gasteiger partial charge on any atom is 0.211 e. The van der Waals surface area contributed by atoms with E-state index in [0.717, 1.165) is 12.2 Å². The van der Waals surface area contributed by atoms with Gasteiger partial charge >= 0.3 is 0 Å². The monoisotopic (exact) mass is 277 g/mol. The van der Waals surface area contributed by atoms with E-state index in [9.17, 15) is 8.42 Å². The third-order valence-electron chi connectivity index (χ3n) is 2.63. The zero-order chi connectivity index (χ0) is 11.6. The van der Waals surface area contributed by atoms with Crippen LogP contribution >= 0.6 is 23.1 Å². The third-order valence-corrected chi connectivity index (χ3v) is 6.38. The van der Waals surface area contributed by atoms with E-state index in [4.69, 9.17) is 0 Å². The van der Waals surface area contributed by atoms with Crippen molar-refractivity contribution in [2.75, 3.05) is 25.1 Å². The fraction of sp³-hybridized carbons (Fsp3) is 0.600. The van der Waals surface area contributed by atoms with Crippen molar-refractivity contribution >= 4 is 33.1 Å². The molecule has 0 spiro atoms. The lowest BCUT2D eigenvalue weighted by Gasteiger charge is -2.16. The summed E-state index contributed by atoms with van der Waals surface area (Å²) in [4.78, 5) is 1.36. The maximum absolute atomic E-state index is 11.5. The summed E-state index contributed by atoms with van der Waals surface area (Å²) in [6, 6.07) is 4.19. The number of thioether (sulfide) groups is 1. The van der Waals surface area contributed by atoms with E-state index in [1.54, 1.807) is 15.6 Å². The maximum atomic E-state index is 11.5. The average Bonchev–Trinajstić information content (AvgIpc) is 2.60. The number of nitrogens with zero attached hydrogens (tertiary/aromatic N) is 1. The number of hydrogen-bond acceptors (Lipinski definition) is 4. The molecule has 2 heterocycles. The molecule has 0 aliphatic carbocycles. The summed E-state index contributed by atoms with van der Waals surface area (Å²) >= 11 is 3.62. The number of thiophene rings is 1. The van der Waals surface area contributed by atoms with E-state index >= 15 is 0 Å². The third kappa shape index (κ3) is 3.00. The molecule has 6 heteroatoms. The lowest BCUT2D eigenvalue weighted by molar-refractivity contribution is 0.433. The van der Waals surface area contributed by atoms with E-state index in [2.05, 4.69) is 17.5 Å². The van der Waals surface area contributed by atoms with Gasteiger partial charge in [-0.1, -0.05) is 6.07 Å². The van der Waals surface area contributed by atoms with Crippen LogP contribution in [0.25, 0.3) is 0 Å². The van der Waals surface area contributed by atoms with E-state index in [1.807, 2.05) is 11.8 Å². The van der Waals surface area contributed by atoms with Crippen molar-refractivity contribution in [3.8, 4) is 0 Å². The summed E-state index contributed by atoms with van der Waals surface area (Å²) in [5.41, 5.74) is 0. The molecule has 3 nitrogen and oxygen atoms in total. The molecule has 1 fully saturated rings. The minimum absolute atomic E-state index is 0.465. The molecule has 90 valence electrons. The van der Waals surface area contributed by atoms with Gasteiger partial charge in [-0.3, -0.25) is 0 Å². The van der Waals surface area contributed by atoms with Gasteiger partial charge in [-0.05, 0) is 17.9 Å². The summed E-state index contributed by atoms with van der Waals surface area (Å²) < 4.78 is 24.5. The van der Waals surface area contributed by atoms with Gasteiger partial charge in [0, 0.05) is 29.0 Å². The molecule has 1 saturated heterocycles. The fourth-order valence-electron chi connectivity index (χ4n) is 1.78. The van der Waals surface area contributed by atoms with Crippen LogP contribution in [-0.4, -0.2) is 37.8 Å². The second-order valence-electron chi connectivity index (χ2n) is 3.83. The topological polar surface area (TPSA) is 37.4 Å². The van der Waals surface area contributed by atoms with Crippen molar-refractivity contribution in [3.63, 3.8) is 0 Å². The van der Waals surface area contributed by atoms with Crippen molar-refractivity contribution < 1.29 is 8.42 Å². The Morgan fingerprint density at radius 1 is 1.44 bits per heavy atom. The van der Waals surface area contributed by atoms with Crippen LogP contribution < -0.4 is 0 Å². The predicted molar refractivity (Wildman–Crippen MR) is 70.6 cm³/mol. The first-order chi connectivity index (χ1) is 7.57. The van der Waals surface area contributed by atoms with Crippen LogP contribution in [0, 0.1) is 0 Å². The summed E-state index contributed by atoms with van der Waals surface area (Å²) in [7, 11) is -3.02. The molecule has 16 heavy (non-hydrogen) atoms. The highest BCUT2D eigenvalue weighted by Gasteiger charge is 2.24. The Morgan fingerprint density at radius 2 is 2.25 bits per heavy atom. The molecule has 1 aliphatic rings. The standard InChI is InChI=1S/C10H15NO2S3/c1-16(12,13)11-5-4-10(15-8-6-11)9-3-2-7-14-9/h2-3,7,10H,4-6,8H2,1H3/t10-/m1/s1. The van der Waals surface area contributed by atoms with Crippen molar-refractivity contribution in [2.24, 2.45) is 0 Å². The second-order valence-corrected chi connectivity index (χ2v) is 8.10. The molecule has 0 amide bonds. The molecule has 1 atom stereocenters. The van der Waals surface area contributed by atoms with Crippen LogP contribution in [0.5, 0.6) is 0 Å². The highest BCUT2D eigenvalue weighted by molar-refractivity contribution is 7.99. The lowest BCUT2D eigenvalue weighted by Crippen LogP contribution is -2.31. The summed E-state index contributed by atoms with van der Waals surface area (Å²) in [5, 5.41) is 2.54. The van der Waals surface area contributed by atoms with Crippen LogP contribution in [-0.2, 0) is 10.0 Å². The Balaban J connectivity index is 2.04. The zero-order valence-electron chi connectivity index (χ0n) is 9.13. The predicted octanol–water partition coefficient (Wildman–Crippen LogP) is 2.19. The van der Waals surface area contributed by atoms with Crippen LogP contribution in [0.4, 0.5) is 0 Å². The molecule has 1 aromatic rings. The van der Waals surface area contributed by atoms with Gasteiger partial charge in [-0.25, -0.2) is 12.7 Å². The molecule has 2 rings (SSSR count). The minimum atomic E-state index is -3.02. The van der Waals surface area contributed by atoms with Gasteiger partial charge < -0.3 is 0 Å². The van der Waals surface area contributed by atoms with Gasteiger partial charge in [0.15, 0.2) is 0 Å².